The molecule has 6 nitrogen and oxygen atoms in total. The Morgan fingerprint density at radius 1 is 1.32 bits per heavy atom. The van der Waals surface area contributed by atoms with Gasteiger partial charge in [-0.3, -0.25) is 4.79 Å². The quantitative estimate of drug-likeness (QED) is 0.854. The molecule has 134 valence electrons. The van der Waals surface area contributed by atoms with Crippen LogP contribution in [-0.2, 0) is 11.3 Å². The Morgan fingerprint density at radius 3 is 2.76 bits per heavy atom. The molecule has 1 aliphatic rings. The molecule has 2 heterocycles. The first-order valence-corrected chi connectivity index (χ1v) is 8.58. The fourth-order valence-electron chi connectivity index (χ4n) is 3.41. The van der Waals surface area contributed by atoms with E-state index in [2.05, 4.69) is 42.1 Å². The minimum atomic E-state index is -0.0826. The summed E-state index contributed by atoms with van der Waals surface area (Å²) in [5.41, 5.74) is 3.60. The Balaban J connectivity index is 1.76. The van der Waals surface area contributed by atoms with Gasteiger partial charge in [0.25, 0.3) is 5.91 Å². The minimum Gasteiger partial charge on any atom is -0.380 e. The number of piperazine rings is 1. The number of para-hydroxylation sites is 1. The van der Waals surface area contributed by atoms with Crippen LogP contribution in [0.3, 0.4) is 0 Å². The predicted octanol–water partition coefficient (Wildman–Crippen LogP) is 2.79. The smallest absolute Gasteiger partial charge is 0.276 e. The monoisotopic (exact) mass is 343 g/mol. The first kappa shape index (κ1) is 17.5. The van der Waals surface area contributed by atoms with Crippen LogP contribution in [0.1, 0.15) is 34.3 Å². The SMILES string of the molecule is COCc1c(C(=O)N2CCN(c3ccccc3C)C[C@@H]2C)noc1C. The molecule has 0 spiro atoms. The van der Waals surface area contributed by atoms with E-state index in [9.17, 15) is 4.79 Å². The highest BCUT2D eigenvalue weighted by atomic mass is 16.5. The molecule has 1 fully saturated rings. The fourth-order valence-corrected chi connectivity index (χ4v) is 3.41. The Hall–Kier alpha value is -2.34. The lowest BCUT2D eigenvalue weighted by Gasteiger charge is -2.41. The number of aromatic nitrogens is 1. The van der Waals surface area contributed by atoms with Crippen molar-refractivity contribution in [2.24, 2.45) is 0 Å². The summed E-state index contributed by atoms with van der Waals surface area (Å²) in [6.07, 6.45) is 0. The normalized spacial score (nSPS) is 17.8. The molecule has 6 heteroatoms. The second-order valence-electron chi connectivity index (χ2n) is 6.58. The van der Waals surface area contributed by atoms with Gasteiger partial charge in [0.05, 0.1) is 12.2 Å². The summed E-state index contributed by atoms with van der Waals surface area (Å²) < 4.78 is 10.4. The number of carbonyl (C=O) groups excluding carboxylic acids is 1. The van der Waals surface area contributed by atoms with Crippen molar-refractivity contribution < 1.29 is 14.1 Å². The lowest BCUT2D eigenvalue weighted by molar-refractivity contribution is 0.0659. The molecule has 1 aromatic carbocycles. The molecule has 1 saturated heterocycles. The Morgan fingerprint density at radius 2 is 2.08 bits per heavy atom. The van der Waals surface area contributed by atoms with Gasteiger partial charge in [0.1, 0.15) is 5.76 Å². The first-order valence-electron chi connectivity index (χ1n) is 8.58. The van der Waals surface area contributed by atoms with Crippen molar-refractivity contribution in [1.29, 1.82) is 0 Å². The van der Waals surface area contributed by atoms with E-state index in [1.165, 1.54) is 11.3 Å². The van der Waals surface area contributed by atoms with Crippen molar-refractivity contribution in [3.05, 3.63) is 46.8 Å². The molecule has 1 atom stereocenters. The molecule has 0 aliphatic carbocycles. The molecule has 0 unspecified atom stereocenters. The number of hydrogen-bond acceptors (Lipinski definition) is 5. The van der Waals surface area contributed by atoms with Crippen molar-refractivity contribution in [2.45, 2.75) is 33.4 Å². The average Bonchev–Trinajstić information content (AvgIpc) is 2.96. The molecule has 3 rings (SSSR count). The van der Waals surface area contributed by atoms with E-state index in [-0.39, 0.29) is 11.9 Å². The molecule has 1 amide bonds. The van der Waals surface area contributed by atoms with Crippen LogP contribution < -0.4 is 4.90 Å². The summed E-state index contributed by atoms with van der Waals surface area (Å²) in [5.74, 6) is 0.553. The standard InChI is InChI=1S/C19H25N3O3/c1-13-7-5-6-8-17(13)21-9-10-22(14(2)11-21)19(23)18-16(12-24-4)15(3)25-20-18/h5-8,14H,9-12H2,1-4H3/t14-/m0/s1. The van der Waals surface area contributed by atoms with E-state index in [1.54, 1.807) is 14.0 Å². The number of anilines is 1. The van der Waals surface area contributed by atoms with E-state index in [4.69, 9.17) is 9.26 Å². The van der Waals surface area contributed by atoms with Gasteiger partial charge in [-0.25, -0.2) is 0 Å². The molecular weight excluding hydrogens is 318 g/mol. The van der Waals surface area contributed by atoms with E-state index in [1.807, 2.05) is 11.0 Å². The zero-order valence-electron chi connectivity index (χ0n) is 15.3. The maximum Gasteiger partial charge on any atom is 0.276 e. The number of amides is 1. The van der Waals surface area contributed by atoms with Crippen LogP contribution >= 0.6 is 0 Å². The van der Waals surface area contributed by atoms with E-state index >= 15 is 0 Å². The summed E-state index contributed by atoms with van der Waals surface area (Å²) >= 11 is 0. The molecule has 0 saturated carbocycles. The Labute approximate surface area is 148 Å². The number of hydrogen-bond donors (Lipinski definition) is 0. The maximum atomic E-state index is 13.0. The number of carbonyl (C=O) groups is 1. The van der Waals surface area contributed by atoms with Gasteiger partial charge >= 0.3 is 0 Å². The number of benzene rings is 1. The summed E-state index contributed by atoms with van der Waals surface area (Å²) in [6, 6.07) is 8.45. The highest BCUT2D eigenvalue weighted by molar-refractivity contribution is 5.94. The van der Waals surface area contributed by atoms with Crippen LogP contribution in [0, 0.1) is 13.8 Å². The van der Waals surface area contributed by atoms with Crippen LogP contribution in [0.25, 0.3) is 0 Å². The Kier molecular flexibility index (Phi) is 5.08. The summed E-state index contributed by atoms with van der Waals surface area (Å²) in [7, 11) is 1.60. The zero-order valence-corrected chi connectivity index (χ0v) is 15.3. The van der Waals surface area contributed by atoms with Crippen LogP contribution in [0.2, 0.25) is 0 Å². The second-order valence-corrected chi connectivity index (χ2v) is 6.58. The predicted molar refractivity (Wildman–Crippen MR) is 95.8 cm³/mol. The maximum absolute atomic E-state index is 13.0. The van der Waals surface area contributed by atoms with Gasteiger partial charge < -0.3 is 19.1 Å². The number of methoxy groups -OCH3 is 1. The van der Waals surface area contributed by atoms with Crippen LogP contribution in [0.15, 0.2) is 28.8 Å². The van der Waals surface area contributed by atoms with Crippen molar-refractivity contribution in [1.82, 2.24) is 10.1 Å². The minimum absolute atomic E-state index is 0.0826. The lowest BCUT2D eigenvalue weighted by Crippen LogP contribution is -2.54. The largest absolute Gasteiger partial charge is 0.380 e. The molecule has 2 aromatic rings. The van der Waals surface area contributed by atoms with Gasteiger partial charge in [-0.1, -0.05) is 23.4 Å². The fraction of sp³-hybridized carbons (Fsp3) is 0.474. The molecule has 0 bridgehead atoms. The highest BCUT2D eigenvalue weighted by Crippen LogP contribution is 2.24. The number of ether oxygens (including phenoxy) is 1. The molecule has 25 heavy (non-hydrogen) atoms. The van der Waals surface area contributed by atoms with Crippen LogP contribution in [-0.4, -0.2) is 48.7 Å². The van der Waals surface area contributed by atoms with Gasteiger partial charge in [0.15, 0.2) is 5.69 Å². The number of rotatable bonds is 4. The average molecular weight is 343 g/mol. The van der Waals surface area contributed by atoms with Gasteiger partial charge in [0.2, 0.25) is 0 Å². The molecular formula is C19H25N3O3. The number of nitrogens with zero attached hydrogens (tertiary/aromatic N) is 3. The van der Waals surface area contributed by atoms with Crippen LogP contribution in [0.5, 0.6) is 0 Å². The van der Waals surface area contributed by atoms with Gasteiger partial charge in [-0.2, -0.15) is 0 Å². The molecule has 0 N–H and O–H groups in total. The van der Waals surface area contributed by atoms with Gasteiger partial charge in [-0.15, -0.1) is 0 Å². The highest BCUT2D eigenvalue weighted by Gasteiger charge is 2.32. The third-order valence-electron chi connectivity index (χ3n) is 4.82. The third-order valence-corrected chi connectivity index (χ3v) is 4.82. The summed E-state index contributed by atoms with van der Waals surface area (Å²) in [4.78, 5) is 17.2. The van der Waals surface area contributed by atoms with Crippen LogP contribution in [0.4, 0.5) is 5.69 Å². The molecule has 1 aromatic heterocycles. The second kappa shape index (κ2) is 7.27. The summed E-state index contributed by atoms with van der Waals surface area (Å²) in [5, 5.41) is 3.98. The van der Waals surface area contributed by atoms with Gasteiger partial charge in [-0.05, 0) is 32.4 Å². The molecule has 1 aliphatic heterocycles. The van der Waals surface area contributed by atoms with Crippen molar-refractivity contribution in [3.8, 4) is 0 Å². The number of aryl methyl sites for hydroxylation is 2. The van der Waals surface area contributed by atoms with E-state index < -0.39 is 0 Å². The molecule has 0 radical (unpaired) electrons. The Bertz CT molecular complexity index is 756. The van der Waals surface area contributed by atoms with Crippen molar-refractivity contribution in [2.75, 3.05) is 31.6 Å². The van der Waals surface area contributed by atoms with Crippen molar-refractivity contribution in [3.63, 3.8) is 0 Å². The van der Waals surface area contributed by atoms with Crippen molar-refractivity contribution >= 4 is 11.6 Å². The lowest BCUT2D eigenvalue weighted by atomic mass is 10.1. The summed E-state index contributed by atoms with van der Waals surface area (Å²) in [6.45, 7) is 8.58. The van der Waals surface area contributed by atoms with Gasteiger partial charge in [0, 0.05) is 38.5 Å². The van der Waals surface area contributed by atoms with E-state index in [0.717, 1.165) is 18.7 Å². The third kappa shape index (κ3) is 3.39. The van der Waals surface area contributed by atoms with E-state index in [0.29, 0.717) is 24.6 Å². The first-order chi connectivity index (χ1) is 12.0. The zero-order chi connectivity index (χ0) is 18.0. The topological polar surface area (TPSA) is 58.8 Å².